The van der Waals surface area contributed by atoms with Crippen molar-refractivity contribution in [2.75, 3.05) is 25.1 Å². The van der Waals surface area contributed by atoms with Gasteiger partial charge in [0.15, 0.2) is 0 Å². The van der Waals surface area contributed by atoms with E-state index in [0.717, 1.165) is 31.6 Å². The van der Waals surface area contributed by atoms with Gasteiger partial charge in [0, 0.05) is 25.9 Å². The van der Waals surface area contributed by atoms with E-state index in [-0.39, 0.29) is 17.5 Å². The minimum Gasteiger partial charge on any atom is -0.378 e. The van der Waals surface area contributed by atoms with Gasteiger partial charge >= 0.3 is 0 Å². The molecule has 0 spiro atoms. The Morgan fingerprint density at radius 3 is 2.95 bits per heavy atom. The molecule has 1 saturated heterocycles. The fourth-order valence-corrected chi connectivity index (χ4v) is 2.85. The van der Waals surface area contributed by atoms with Crippen molar-refractivity contribution < 1.29 is 9.13 Å². The van der Waals surface area contributed by atoms with E-state index in [1.54, 1.807) is 12.1 Å². The van der Waals surface area contributed by atoms with Gasteiger partial charge in [-0.2, -0.15) is 0 Å². The summed E-state index contributed by atoms with van der Waals surface area (Å²) in [6.07, 6.45) is 3.01. The minimum absolute atomic E-state index is 0.132. The third-order valence-corrected chi connectivity index (χ3v) is 4.27. The number of benzene rings is 1. The van der Waals surface area contributed by atoms with Crippen molar-refractivity contribution in [1.29, 1.82) is 0 Å². The van der Waals surface area contributed by atoms with Crippen LogP contribution in [-0.4, -0.2) is 31.8 Å². The van der Waals surface area contributed by atoms with E-state index in [4.69, 9.17) is 10.5 Å². The molecule has 0 amide bonds. The molecule has 2 atom stereocenters. The normalized spacial score (nSPS) is 27.3. The van der Waals surface area contributed by atoms with Crippen molar-refractivity contribution in [2.45, 2.75) is 37.8 Å². The fraction of sp³-hybridized carbons (Fsp3) is 0.600. The van der Waals surface area contributed by atoms with Crippen LogP contribution in [0.1, 0.15) is 26.2 Å². The highest BCUT2D eigenvalue weighted by Crippen LogP contribution is 2.34. The van der Waals surface area contributed by atoms with Crippen LogP contribution in [0.15, 0.2) is 24.3 Å². The van der Waals surface area contributed by atoms with Crippen molar-refractivity contribution >= 4 is 5.69 Å². The van der Waals surface area contributed by atoms with Crippen LogP contribution in [0.2, 0.25) is 0 Å². The van der Waals surface area contributed by atoms with Crippen LogP contribution >= 0.6 is 0 Å². The zero-order valence-electron chi connectivity index (χ0n) is 11.7. The molecule has 2 unspecified atom stereocenters. The molecule has 2 N–H and O–H groups in total. The number of nitrogens with two attached hydrogens (primary N) is 1. The van der Waals surface area contributed by atoms with E-state index < -0.39 is 0 Å². The lowest BCUT2D eigenvalue weighted by atomic mass is 9.84. The predicted octanol–water partition coefficient (Wildman–Crippen LogP) is 2.55. The molecule has 2 rings (SSSR count). The lowest BCUT2D eigenvalue weighted by Crippen LogP contribution is -2.57. The summed E-state index contributed by atoms with van der Waals surface area (Å²) in [6, 6.07) is 6.69. The summed E-state index contributed by atoms with van der Waals surface area (Å²) in [5.41, 5.74) is 6.79. The largest absolute Gasteiger partial charge is 0.378 e. The van der Waals surface area contributed by atoms with Gasteiger partial charge < -0.3 is 15.4 Å². The number of halogens is 1. The van der Waals surface area contributed by atoms with Gasteiger partial charge in [-0.25, -0.2) is 4.39 Å². The van der Waals surface area contributed by atoms with Crippen LogP contribution < -0.4 is 10.6 Å². The number of hydrogen-bond donors (Lipinski definition) is 1. The zero-order valence-corrected chi connectivity index (χ0v) is 11.7. The molecule has 1 aromatic carbocycles. The zero-order chi connectivity index (χ0) is 13.9. The Labute approximate surface area is 114 Å². The van der Waals surface area contributed by atoms with Crippen LogP contribution in [0.4, 0.5) is 10.1 Å². The van der Waals surface area contributed by atoms with Crippen molar-refractivity contribution in [3.8, 4) is 0 Å². The Hall–Kier alpha value is -1.13. The van der Waals surface area contributed by atoms with Crippen molar-refractivity contribution in [1.82, 2.24) is 0 Å². The fourth-order valence-electron chi connectivity index (χ4n) is 2.85. The van der Waals surface area contributed by atoms with Gasteiger partial charge in [-0.15, -0.1) is 0 Å². The van der Waals surface area contributed by atoms with Gasteiger partial charge in [0.05, 0.1) is 11.6 Å². The molecule has 0 aromatic heterocycles. The summed E-state index contributed by atoms with van der Waals surface area (Å²) in [5, 5.41) is 0. The first-order chi connectivity index (χ1) is 9.11. The summed E-state index contributed by atoms with van der Waals surface area (Å²) in [6.45, 7) is 3.40. The molecule has 0 saturated carbocycles. The smallest absolute Gasteiger partial charge is 0.125 e. The van der Waals surface area contributed by atoms with Crippen LogP contribution in [0.25, 0.3) is 0 Å². The molecule has 0 aliphatic carbocycles. The monoisotopic (exact) mass is 266 g/mol. The first kappa shape index (κ1) is 14.3. The van der Waals surface area contributed by atoms with Gasteiger partial charge in [-0.05, 0) is 37.5 Å². The molecule has 1 heterocycles. The van der Waals surface area contributed by atoms with Gasteiger partial charge in [-0.3, -0.25) is 0 Å². The molecular weight excluding hydrogens is 243 g/mol. The Balaban J connectivity index is 2.25. The number of likely N-dealkylation sites (N-methyl/N-ethyl adjacent to an activating group) is 1. The van der Waals surface area contributed by atoms with Crippen LogP contribution in [0.3, 0.4) is 0 Å². The minimum atomic E-state index is -0.212. The van der Waals surface area contributed by atoms with Gasteiger partial charge in [0.1, 0.15) is 5.82 Å². The topological polar surface area (TPSA) is 38.5 Å². The van der Waals surface area contributed by atoms with Gasteiger partial charge in [-0.1, -0.05) is 13.0 Å². The van der Waals surface area contributed by atoms with E-state index in [1.807, 2.05) is 13.1 Å². The van der Waals surface area contributed by atoms with E-state index in [1.165, 1.54) is 6.07 Å². The van der Waals surface area contributed by atoms with Gasteiger partial charge in [0.2, 0.25) is 0 Å². The summed E-state index contributed by atoms with van der Waals surface area (Å²) in [7, 11) is 2.00. The van der Waals surface area contributed by atoms with Crippen molar-refractivity contribution in [2.24, 2.45) is 5.73 Å². The third-order valence-electron chi connectivity index (χ3n) is 4.27. The molecular formula is C15H23FN2O. The molecule has 0 bridgehead atoms. The molecule has 4 heteroatoms. The highest BCUT2D eigenvalue weighted by atomic mass is 19.1. The lowest BCUT2D eigenvalue weighted by molar-refractivity contribution is -0.0188. The Kier molecular flexibility index (Phi) is 4.42. The van der Waals surface area contributed by atoms with E-state index in [2.05, 4.69) is 11.8 Å². The number of nitrogens with zero attached hydrogens (tertiary/aromatic N) is 1. The molecule has 0 radical (unpaired) electrons. The van der Waals surface area contributed by atoms with Crippen LogP contribution in [-0.2, 0) is 4.74 Å². The van der Waals surface area contributed by atoms with Crippen molar-refractivity contribution in [3.63, 3.8) is 0 Å². The maximum atomic E-state index is 13.4. The van der Waals surface area contributed by atoms with E-state index in [0.29, 0.717) is 6.54 Å². The summed E-state index contributed by atoms with van der Waals surface area (Å²) >= 11 is 0. The first-order valence-corrected chi connectivity index (χ1v) is 6.92. The lowest BCUT2D eigenvalue weighted by Gasteiger charge is -2.47. The second-order valence-corrected chi connectivity index (χ2v) is 5.32. The van der Waals surface area contributed by atoms with Crippen LogP contribution in [0, 0.1) is 5.82 Å². The predicted molar refractivity (Wildman–Crippen MR) is 75.9 cm³/mol. The Morgan fingerprint density at radius 2 is 2.32 bits per heavy atom. The molecule has 1 aliphatic rings. The third kappa shape index (κ3) is 2.90. The second-order valence-electron chi connectivity index (χ2n) is 5.32. The standard InChI is InChI=1S/C15H23FN2O/c1-3-14-10-15(11-17,7-8-19-14)18(2)13-6-4-5-12(16)9-13/h4-6,9,14H,3,7-8,10-11,17H2,1-2H3. The number of anilines is 1. The SMILES string of the molecule is CCC1CC(CN)(N(C)c2cccc(F)c2)CCO1. The molecule has 3 nitrogen and oxygen atoms in total. The van der Waals surface area contributed by atoms with Crippen LogP contribution in [0.5, 0.6) is 0 Å². The average Bonchev–Trinajstić information content (AvgIpc) is 2.46. The van der Waals surface area contributed by atoms with E-state index in [9.17, 15) is 4.39 Å². The number of ether oxygens (including phenoxy) is 1. The summed E-state index contributed by atoms with van der Waals surface area (Å²) < 4.78 is 19.1. The molecule has 1 fully saturated rings. The number of rotatable bonds is 4. The molecule has 1 aromatic rings. The molecule has 1 aliphatic heterocycles. The summed E-state index contributed by atoms with van der Waals surface area (Å²) in [5.74, 6) is -0.212. The van der Waals surface area contributed by atoms with E-state index >= 15 is 0 Å². The van der Waals surface area contributed by atoms with Gasteiger partial charge in [0.25, 0.3) is 0 Å². The molecule has 19 heavy (non-hydrogen) atoms. The second kappa shape index (κ2) is 5.88. The Morgan fingerprint density at radius 1 is 1.53 bits per heavy atom. The quantitative estimate of drug-likeness (QED) is 0.910. The maximum Gasteiger partial charge on any atom is 0.125 e. The highest BCUT2D eigenvalue weighted by molar-refractivity contribution is 5.49. The average molecular weight is 266 g/mol. The number of hydrogen-bond acceptors (Lipinski definition) is 3. The first-order valence-electron chi connectivity index (χ1n) is 6.92. The maximum absolute atomic E-state index is 13.4. The summed E-state index contributed by atoms with van der Waals surface area (Å²) in [4.78, 5) is 2.13. The molecule has 106 valence electrons. The Bertz CT molecular complexity index is 426. The highest BCUT2D eigenvalue weighted by Gasteiger charge is 2.39. The van der Waals surface area contributed by atoms with Crippen molar-refractivity contribution in [3.05, 3.63) is 30.1 Å².